The first-order valence-electron chi connectivity index (χ1n) is 7.94. The molecule has 0 aromatic heterocycles. The summed E-state index contributed by atoms with van der Waals surface area (Å²) in [5.74, 6) is 1.70. The van der Waals surface area contributed by atoms with Crippen molar-refractivity contribution in [2.24, 2.45) is 11.8 Å². The molecule has 0 bridgehead atoms. The normalized spacial score (nSPS) is 15.5. The monoisotopic (exact) mass is 241 g/mol. The van der Waals surface area contributed by atoms with Gasteiger partial charge in [-0.15, -0.1) is 0 Å². The summed E-state index contributed by atoms with van der Waals surface area (Å²) in [4.78, 5) is 0. The fraction of sp³-hybridized carbons (Fsp3) is 1.00. The lowest BCUT2D eigenvalue weighted by Crippen LogP contribution is -2.45. The molecule has 0 saturated heterocycles. The molecular weight excluding hydrogens is 206 g/mol. The minimum absolute atomic E-state index is 0.718. The van der Waals surface area contributed by atoms with Crippen LogP contribution in [0.2, 0.25) is 0 Å². The quantitative estimate of drug-likeness (QED) is 0.567. The first-order chi connectivity index (χ1) is 8.18. The summed E-state index contributed by atoms with van der Waals surface area (Å²) in [5.41, 5.74) is 0. The van der Waals surface area contributed by atoms with Crippen LogP contribution in [-0.2, 0) is 0 Å². The van der Waals surface area contributed by atoms with Gasteiger partial charge in [0.15, 0.2) is 0 Å². The van der Waals surface area contributed by atoms with Crippen molar-refractivity contribution in [1.29, 1.82) is 0 Å². The minimum atomic E-state index is 0.718. The highest BCUT2D eigenvalue weighted by Crippen LogP contribution is 2.21. The van der Waals surface area contributed by atoms with Crippen molar-refractivity contribution in [2.45, 2.75) is 92.2 Å². The van der Waals surface area contributed by atoms with E-state index in [-0.39, 0.29) is 0 Å². The van der Waals surface area contributed by atoms with E-state index in [2.05, 4.69) is 46.9 Å². The Morgan fingerprint density at radius 3 is 1.00 bits per heavy atom. The summed E-state index contributed by atoms with van der Waals surface area (Å²) in [6.07, 6.45) is 7.76. The van der Waals surface area contributed by atoms with Crippen LogP contribution in [0.15, 0.2) is 0 Å². The van der Waals surface area contributed by atoms with E-state index in [1.54, 1.807) is 0 Å². The molecule has 1 nitrogen and oxygen atoms in total. The van der Waals surface area contributed by atoms with Gasteiger partial charge in [0.25, 0.3) is 0 Å². The van der Waals surface area contributed by atoms with Gasteiger partial charge in [0.05, 0.1) is 0 Å². The van der Waals surface area contributed by atoms with Crippen LogP contribution in [0.4, 0.5) is 0 Å². The van der Waals surface area contributed by atoms with Crippen LogP contribution in [0.1, 0.15) is 80.1 Å². The summed E-state index contributed by atoms with van der Waals surface area (Å²) >= 11 is 0. The van der Waals surface area contributed by atoms with Gasteiger partial charge in [-0.1, -0.05) is 67.2 Å². The SMILES string of the molecule is CCC(CC)C(CC)NC(CC)C(CC)CC. The molecular formula is C16H35N. The highest BCUT2D eigenvalue weighted by molar-refractivity contribution is 4.81. The minimum Gasteiger partial charge on any atom is -0.311 e. The van der Waals surface area contributed by atoms with Gasteiger partial charge in [0.2, 0.25) is 0 Å². The summed E-state index contributed by atoms with van der Waals surface area (Å²) < 4.78 is 0. The first-order valence-corrected chi connectivity index (χ1v) is 7.94. The van der Waals surface area contributed by atoms with E-state index in [1.165, 1.54) is 38.5 Å². The Bertz CT molecular complexity index is 141. The lowest BCUT2D eigenvalue weighted by molar-refractivity contribution is 0.239. The zero-order valence-corrected chi connectivity index (χ0v) is 13.1. The molecule has 0 aromatic rings. The van der Waals surface area contributed by atoms with Crippen LogP contribution in [0.25, 0.3) is 0 Å². The molecule has 1 heteroatoms. The van der Waals surface area contributed by atoms with Crippen molar-refractivity contribution < 1.29 is 0 Å². The van der Waals surface area contributed by atoms with Crippen LogP contribution >= 0.6 is 0 Å². The van der Waals surface area contributed by atoms with Gasteiger partial charge in [-0.25, -0.2) is 0 Å². The highest BCUT2D eigenvalue weighted by Gasteiger charge is 2.23. The summed E-state index contributed by atoms with van der Waals surface area (Å²) in [7, 11) is 0. The van der Waals surface area contributed by atoms with E-state index in [9.17, 15) is 0 Å². The van der Waals surface area contributed by atoms with Crippen LogP contribution in [0.3, 0.4) is 0 Å². The predicted molar refractivity (Wildman–Crippen MR) is 79.4 cm³/mol. The topological polar surface area (TPSA) is 12.0 Å². The molecule has 0 fully saturated rings. The van der Waals surface area contributed by atoms with Crippen molar-refractivity contribution in [3.05, 3.63) is 0 Å². The molecule has 1 N–H and O–H groups in total. The Hall–Kier alpha value is -0.0400. The van der Waals surface area contributed by atoms with Crippen LogP contribution in [0, 0.1) is 11.8 Å². The molecule has 0 aliphatic rings. The second-order valence-corrected chi connectivity index (χ2v) is 5.35. The van der Waals surface area contributed by atoms with Gasteiger partial charge < -0.3 is 5.32 Å². The van der Waals surface area contributed by atoms with Crippen LogP contribution in [-0.4, -0.2) is 12.1 Å². The van der Waals surface area contributed by atoms with Gasteiger partial charge in [0, 0.05) is 12.1 Å². The van der Waals surface area contributed by atoms with E-state index in [4.69, 9.17) is 0 Å². The third kappa shape index (κ3) is 5.42. The van der Waals surface area contributed by atoms with E-state index >= 15 is 0 Å². The molecule has 0 spiro atoms. The Morgan fingerprint density at radius 2 is 0.824 bits per heavy atom. The van der Waals surface area contributed by atoms with Gasteiger partial charge in [0.1, 0.15) is 0 Å². The van der Waals surface area contributed by atoms with Crippen molar-refractivity contribution >= 4 is 0 Å². The Morgan fingerprint density at radius 1 is 0.529 bits per heavy atom. The zero-order valence-electron chi connectivity index (χ0n) is 13.1. The first kappa shape index (κ1) is 17.0. The second kappa shape index (κ2) is 9.94. The Kier molecular flexibility index (Phi) is 9.91. The van der Waals surface area contributed by atoms with Crippen molar-refractivity contribution in [1.82, 2.24) is 5.32 Å². The molecule has 0 aromatic carbocycles. The van der Waals surface area contributed by atoms with Crippen LogP contribution in [0.5, 0.6) is 0 Å². The average Bonchev–Trinajstić information content (AvgIpc) is 2.37. The molecule has 104 valence electrons. The standard InChI is InChI=1S/C16H35N/c1-7-13(8-2)15(11-5)17-16(12-6)14(9-3)10-4/h13-17H,7-12H2,1-6H3. The molecule has 0 aliphatic carbocycles. The molecule has 2 atom stereocenters. The van der Waals surface area contributed by atoms with Gasteiger partial charge in [-0.3, -0.25) is 0 Å². The summed E-state index contributed by atoms with van der Waals surface area (Å²) in [6.45, 7) is 14.0. The number of rotatable bonds is 10. The third-order valence-corrected chi connectivity index (χ3v) is 4.54. The molecule has 0 aliphatic heterocycles. The molecule has 17 heavy (non-hydrogen) atoms. The second-order valence-electron chi connectivity index (χ2n) is 5.35. The number of nitrogens with one attached hydrogen (secondary N) is 1. The van der Waals surface area contributed by atoms with Gasteiger partial charge in [-0.05, 0) is 24.7 Å². The number of hydrogen-bond donors (Lipinski definition) is 1. The maximum atomic E-state index is 3.96. The molecule has 0 heterocycles. The molecule has 0 rings (SSSR count). The average molecular weight is 241 g/mol. The zero-order chi connectivity index (χ0) is 13.3. The van der Waals surface area contributed by atoms with E-state index < -0.39 is 0 Å². The van der Waals surface area contributed by atoms with E-state index in [0.717, 1.165) is 23.9 Å². The smallest absolute Gasteiger partial charge is 0.00952 e. The van der Waals surface area contributed by atoms with Crippen molar-refractivity contribution in [3.63, 3.8) is 0 Å². The fourth-order valence-corrected chi connectivity index (χ4v) is 3.16. The Balaban J connectivity index is 4.49. The molecule has 0 radical (unpaired) electrons. The summed E-state index contributed by atoms with van der Waals surface area (Å²) in [6, 6.07) is 1.44. The van der Waals surface area contributed by atoms with Crippen molar-refractivity contribution in [3.8, 4) is 0 Å². The number of hydrogen-bond acceptors (Lipinski definition) is 1. The molecule has 0 saturated carbocycles. The maximum Gasteiger partial charge on any atom is 0.00952 e. The highest BCUT2D eigenvalue weighted by atomic mass is 15.0. The fourth-order valence-electron chi connectivity index (χ4n) is 3.16. The van der Waals surface area contributed by atoms with Crippen molar-refractivity contribution in [2.75, 3.05) is 0 Å². The predicted octanol–water partition coefficient (Wildman–Crippen LogP) is 5.01. The Labute approximate surface area is 110 Å². The third-order valence-electron chi connectivity index (χ3n) is 4.54. The van der Waals surface area contributed by atoms with E-state index in [0.29, 0.717) is 0 Å². The summed E-state index contributed by atoms with van der Waals surface area (Å²) in [5, 5.41) is 3.96. The largest absolute Gasteiger partial charge is 0.311 e. The molecule has 2 unspecified atom stereocenters. The lowest BCUT2D eigenvalue weighted by atomic mass is 9.87. The van der Waals surface area contributed by atoms with Gasteiger partial charge >= 0.3 is 0 Å². The van der Waals surface area contributed by atoms with Gasteiger partial charge in [-0.2, -0.15) is 0 Å². The maximum absolute atomic E-state index is 3.96. The van der Waals surface area contributed by atoms with E-state index in [1.807, 2.05) is 0 Å². The lowest BCUT2D eigenvalue weighted by Gasteiger charge is -2.33. The van der Waals surface area contributed by atoms with Crippen LogP contribution < -0.4 is 5.32 Å². The molecule has 0 amide bonds.